The molecule has 0 radical (unpaired) electrons. The fraction of sp³-hybridized carbons (Fsp3) is 0.500. The molecule has 0 unspecified atom stereocenters. The molecule has 0 bridgehead atoms. The number of carbonyl (C=O) groups is 1. The van der Waals surface area contributed by atoms with E-state index in [9.17, 15) is 9.59 Å². The van der Waals surface area contributed by atoms with Crippen molar-refractivity contribution in [2.45, 2.75) is 57.9 Å². The van der Waals surface area contributed by atoms with Crippen LogP contribution < -0.4 is 15.6 Å². The molecule has 1 heterocycles. The van der Waals surface area contributed by atoms with Gasteiger partial charge in [-0.3, -0.25) is 14.2 Å². The Morgan fingerprint density at radius 1 is 1.25 bits per heavy atom. The molecule has 2 aromatic rings. The molecule has 0 aliphatic heterocycles. The number of benzene rings is 1. The summed E-state index contributed by atoms with van der Waals surface area (Å²) in [5, 5.41) is 2.85. The number of rotatable bonds is 9. The van der Waals surface area contributed by atoms with E-state index in [2.05, 4.69) is 17.2 Å². The van der Waals surface area contributed by atoms with E-state index < -0.39 is 0 Å². The van der Waals surface area contributed by atoms with Gasteiger partial charge in [0, 0.05) is 30.6 Å². The maximum Gasteiger partial charge on any atom is 0.253 e. The average Bonchev–Trinajstić information content (AvgIpc) is 3.25. The van der Waals surface area contributed by atoms with Gasteiger partial charge in [0.25, 0.3) is 11.5 Å². The number of hydrogen-bond donors (Lipinski definition) is 1. The van der Waals surface area contributed by atoms with E-state index in [0.717, 1.165) is 37.1 Å². The summed E-state index contributed by atoms with van der Waals surface area (Å²) >= 11 is 0. The number of ether oxygens (including phenoxy) is 1. The molecular formula is C22H29N3O3. The highest BCUT2D eigenvalue weighted by Crippen LogP contribution is 2.32. The van der Waals surface area contributed by atoms with Gasteiger partial charge in [-0.15, -0.1) is 0 Å². The second-order valence-electron chi connectivity index (χ2n) is 7.31. The predicted octanol–water partition coefficient (Wildman–Crippen LogP) is 3.51. The van der Waals surface area contributed by atoms with Crippen LogP contribution in [-0.4, -0.2) is 28.6 Å². The Morgan fingerprint density at radius 3 is 2.68 bits per heavy atom. The maximum atomic E-state index is 12.3. The minimum absolute atomic E-state index is 0.0558. The molecule has 6 heteroatoms. The molecule has 6 nitrogen and oxygen atoms in total. The first-order chi connectivity index (χ1) is 13.7. The molecule has 3 rings (SSSR count). The number of hydrogen-bond acceptors (Lipinski definition) is 4. The van der Waals surface area contributed by atoms with Crippen LogP contribution in [0.5, 0.6) is 5.75 Å². The van der Waals surface area contributed by atoms with Gasteiger partial charge in [0.1, 0.15) is 5.75 Å². The van der Waals surface area contributed by atoms with E-state index in [1.54, 1.807) is 41.2 Å². The summed E-state index contributed by atoms with van der Waals surface area (Å²) in [6.07, 6.45) is 8.37. The molecule has 1 saturated carbocycles. The number of aromatic nitrogens is 2. The van der Waals surface area contributed by atoms with Crippen LogP contribution in [0.4, 0.5) is 0 Å². The Labute approximate surface area is 165 Å². The quantitative estimate of drug-likeness (QED) is 0.673. The van der Waals surface area contributed by atoms with Crippen molar-refractivity contribution in [2.24, 2.45) is 0 Å². The third-order valence-corrected chi connectivity index (χ3v) is 5.20. The standard InChI is InChI=1S/C22H29N3O3/c1-2-3-14-28-19-10-8-18(9-11-19)22(27)23-12-13-25-16-24-20(15-21(25)26)17-6-4-5-7-17/h8-11,15-17H,2-7,12-14H2,1H3,(H,23,27). The summed E-state index contributed by atoms with van der Waals surface area (Å²) in [6.45, 7) is 3.58. The minimum atomic E-state index is -0.163. The Morgan fingerprint density at radius 2 is 2.00 bits per heavy atom. The normalized spacial score (nSPS) is 14.2. The van der Waals surface area contributed by atoms with Gasteiger partial charge in [-0.1, -0.05) is 26.2 Å². The molecule has 1 fully saturated rings. The third kappa shape index (κ3) is 5.44. The molecule has 1 N–H and O–H groups in total. The summed E-state index contributed by atoms with van der Waals surface area (Å²) in [5.74, 6) is 1.03. The van der Waals surface area contributed by atoms with E-state index >= 15 is 0 Å². The number of nitrogens with one attached hydrogen (secondary N) is 1. The van der Waals surface area contributed by atoms with Crippen molar-refractivity contribution in [1.29, 1.82) is 0 Å². The molecule has 0 spiro atoms. The van der Waals surface area contributed by atoms with E-state index in [1.807, 2.05) is 0 Å². The summed E-state index contributed by atoms with van der Waals surface area (Å²) in [4.78, 5) is 29.0. The summed E-state index contributed by atoms with van der Waals surface area (Å²) < 4.78 is 7.15. The van der Waals surface area contributed by atoms with Crippen molar-refractivity contribution in [2.75, 3.05) is 13.2 Å². The lowest BCUT2D eigenvalue weighted by Crippen LogP contribution is -2.31. The molecule has 0 atom stereocenters. The van der Waals surface area contributed by atoms with Crippen LogP contribution in [0.15, 0.2) is 41.5 Å². The highest BCUT2D eigenvalue weighted by Gasteiger charge is 2.18. The van der Waals surface area contributed by atoms with Gasteiger partial charge in [-0.2, -0.15) is 0 Å². The second kappa shape index (κ2) is 10.1. The molecule has 150 valence electrons. The van der Waals surface area contributed by atoms with Crippen LogP contribution in [0.3, 0.4) is 0 Å². The zero-order chi connectivity index (χ0) is 19.8. The fourth-order valence-corrected chi connectivity index (χ4v) is 3.48. The van der Waals surface area contributed by atoms with Crippen LogP contribution in [0.25, 0.3) is 0 Å². The number of amides is 1. The van der Waals surface area contributed by atoms with Gasteiger partial charge in [0.15, 0.2) is 0 Å². The van der Waals surface area contributed by atoms with Crippen molar-refractivity contribution >= 4 is 5.91 Å². The second-order valence-corrected chi connectivity index (χ2v) is 7.31. The van der Waals surface area contributed by atoms with Gasteiger partial charge in [0.2, 0.25) is 0 Å². The zero-order valence-electron chi connectivity index (χ0n) is 16.5. The highest BCUT2D eigenvalue weighted by molar-refractivity contribution is 5.94. The van der Waals surface area contributed by atoms with Gasteiger partial charge < -0.3 is 10.1 Å². The molecular weight excluding hydrogens is 354 g/mol. The molecule has 1 aliphatic rings. The van der Waals surface area contributed by atoms with Gasteiger partial charge >= 0.3 is 0 Å². The largest absolute Gasteiger partial charge is 0.494 e. The predicted molar refractivity (Wildman–Crippen MR) is 109 cm³/mol. The smallest absolute Gasteiger partial charge is 0.253 e. The van der Waals surface area contributed by atoms with Crippen molar-refractivity contribution in [1.82, 2.24) is 14.9 Å². The van der Waals surface area contributed by atoms with E-state index in [-0.39, 0.29) is 11.5 Å². The Kier molecular flexibility index (Phi) is 7.23. The van der Waals surface area contributed by atoms with Crippen LogP contribution in [-0.2, 0) is 6.54 Å². The van der Waals surface area contributed by atoms with Gasteiger partial charge in [-0.25, -0.2) is 4.98 Å². The summed E-state index contributed by atoms with van der Waals surface area (Å²) in [7, 11) is 0. The Hall–Kier alpha value is -2.63. The third-order valence-electron chi connectivity index (χ3n) is 5.20. The number of unbranched alkanes of at least 4 members (excludes halogenated alkanes) is 1. The maximum absolute atomic E-state index is 12.3. The monoisotopic (exact) mass is 383 g/mol. The van der Waals surface area contributed by atoms with Gasteiger partial charge in [0.05, 0.1) is 18.6 Å². The molecule has 0 saturated heterocycles. The lowest BCUT2D eigenvalue weighted by Gasteiger charge is -2.11. The molecule has 1 aliphatic carbocycles. The minimum Gasteiger partial charge on any atom is -0.494 e. The Balaban J connectivity index is 1.47. The zero-order valence-corrected chi connectivity index (χ0v) is 16.5. The van der Waals surface area contributed by atoms with Crippen LogP contribution in [0.2, 0.25) is 0 Å². The topological polar surface area (TPSA) is 73.2 Å². The summed E-state index contributed by atoms with van der Waals surface area (Å²) in [5.41, 5.74) is 1.42. The molecule has 28 heavy (non-hydrogen) atoms. The lowest BCUT2D eigenvalue weighted by atomic mass is 10.0. The highest BCUT2D eigenvalue weighted by atomic mass is 16.5. The number of nitrogens with zero attached hydrogens (tertiary/aromatic N) is 2. The van der Waals surface area contributed by atoms with Crippen LogP contribution >= 0.6 is 0 Å². The van der Waals surface area contributed by atoms with Crippen molar-refractivity contribution in [3.8, 4) is 5.75 Å². The number of carbonyl (C=O) groups excluding carboxylic acids is 1. The molecule has 1 aromatic carbocycles. The van der Waals surface area contributed by atoms with E-state index in [1.165, 1.54) is 12.8 Å². The first-order valence-corrected chi connectivity index (χ1v) is 10.2. The summed E-state index contributed by atoms with van der Waals surface area (Å²) in [6, 6.07) is 8.76. The first-order valence-electron chi connectivity index (χ1n) is 10.2. The van der Waals surface area contributed by atoms with Crippen LogP contribution in [0.1, 0.15) is 67.4 Å². The van der Waals surface area contributed by atoms with Crippen molar-refractivity contribution in [3.63, 3.8) is 0 Å². The van der Waals surface area contributed by atoms with Crippen LogP contribution in [0, 0.1) is 0 Å². The van der Waals surface area contributed by atoms with Crippen molar-refractivity contribution < 1.29 is 9.53 Å². The fourth-order valence-electron chi connectivity index (χ4n) is 3.48. The first kappa shape index (κ1) is 20.1. The molecule has 1 amide bonds. The van der Waals surface area contributed by atoms with E-state index in [4.69, 9.17) is 4.74 Å². The van der Waals surface area contributed by atoms with Crippen molar-refractivity contribution in [3.05, 3.63) is 58.3 Å². The molecule has 1 aromatic heterocycles. The van der Waals surface area contributed by atoms with E-state index in [0.29, 0.717) is 31.2 Å². The van der Waals surface area contributed by atoms with Gasteiger partial charge in [-0.05, 0) is 43.5 Å². The Bertz CT molecular complexity index is 824. The average molecular weight is 383 g/mol. The SMILES string of the molecule is CCCCOc1ccc(C(=O)NCCn2cnc(C3CCCC3)cc2=O)cc1. The lowest BCUT2D eigenvalue weighted by molar-refractivity contribution is 0.0952.